The first-order valence-electron chi connectivity index (χ1n) is 25.7. The molecule has 0 spiro atoms. The van der Waals surface area contributed by atoms with Crippen molar-refractivity contribution in [3.05, 3.63) is 36.5 Å². The molecular formula is C51H93NO13. The molecule has 2 aliphatic rings. The zero-order chi connectivity index (χ0) is 47.5. The van der Waals surface area contributed by atoms with Crippen LogP contribution in [0.25, 0.3) is 0 Å². The number of carbonyl (C=O) groups is 1. The van der Waals surface area contributed by atoms with Gasteiger partial charge < -0.3 is 65.1 Å². The minimum absolute atomic E-state index is 0.150. The van der Waals surface area contributed by atoms with Crippen molar-refractivity contribution < 1.29 is 64.6 Å². The topological polar surface area (TPSA) is 228 Å². The molecule has 0 aromatic heterocycles. The summed E-state index contributed by atoms with van der Waals surface area (Å²) in [5.41, 5.74) is 0. The molecule has 0 bridgehead atoms. The molecular weight excluding hydrogens is 835 g/mol. The van der Waals surface area contributed by atoms with E-state index in [0.717, 1.165) is 25.7 Å². The van der Waals surface area contributed by atoms with Crippen molar-refractivity contribution >= 4 is 5.91 Å². The fourth-order valence-corrected chi connectivity index (χ4v) is 8.35. The number of amides is 1. The highest BCUT2D eigenvalue weighted by Gasteiger charge is 2.51. The predicted molar refractivity (Wildman–Crippen MR) is 254 cm³/mol. The molecule has 0 aromatic rings. The zero-order valence-electron chi connectivity index (χ0n) is 40.2. The second-order valence-electron chi connectivity index (χ2n) is 18.2. The monoisotopic (exact) mass is 928 g/mol. The predicted octanol–water partition coefficient (Wildman–Crippen LogP) is 6.71. The summed E-state index contributed by atoms with van der Waals surface area (Å²) in [6, 6.07) is -0.932. The van der Waals surface area contributed by atoms with Crippen LogP contribution in [-0.2, 0) is 23.7 Å². The molecule has 65 heavy (non-hydrogen) atoms. The van der Waals surface area contributed by atoms with Gasteiger partial charge in [-0.1, -0.05) is 179 Å². The Bertz CT molecular complexity index is 1230. The average molecular weight is 928 g/mol. The van der Waals surface area contributed by atoms with Crippen molar-refractivity contribution in [1.29, 1.82) is 0 Å². The van der Waals surface area contributed by atoms with Crippen molar-refractivity contribution in [3.63, 3.8) is 0 Å². The molecule has 0 saturated carbocycles. The third-order valence-electron chi connectivity index (χ3n) is 12.6. The Hall–Kier alpha value is -1.79. The van der Waals surface area contributed by atoms with Crippen LogP contribution in [0.15, 0.2) is 36.5 Å². The first kappa shape index (κ1) is 59.3. The van der Waals surface area contributed by atoms with Gasteiger partial charge in [0.25, 0.3) is 0 Å². The zero-order valence-corrected chi connectivity index (χ0v) is 40.2. The van der Waals surface area contributed by atoms with Crippen LogP contribution in [0.5, 0.6) is 0 Å². The van der Waals surface area contributed by atoms with E-state index in [9.17, 15) is 45.6 Å². The summed E-state index contributed by atoms with van der Waals surface area (Å²) in [6.07, 6.45) is 29.3. The maximum Gasteiger partial charge on any atom is 0.220 e. The lowest BCUT2D eigenvalue weighted by molar-refractivity contribution is -0.359. The number of aliphatic hydroxyl groups excluding tert-OH is 8. The highest BCUT2D eigenvalue weighted by Crippen LogP contribution is 2.30. The lowest BCUT2D eigenvalue weighted by atomic mass is 9.97. The van der Waals surface area contributed by atoms with Crippen LogP contribution < -0.4 is 5.32 Å². The van der Waals surface area contributed by atoms with E-state index in [1.165, 1.54) is 135 Å². The molecule has 2 heterocycles. The lowest BCUT2D eigenvalue weighted by Gasteiger charge is -2.46. The number of aliphatic hydroxyl groups is 8. The normalized spacial score (nSPS) is 27.3. The summed E-state index contributed by atoms with van der Waals surface area (Å²) >= 11 is 0. The van der Waals surface area contributed by atoms with Gasteiger partial charge in [0, 0.05) is 6.42 Å². The fourth-order valence-electron chi connectivity index (χ4n) is 8.35. The van der Waals surface area contributed by atoms with Crippen LogP contribution in [0.2, 0.25) is 0 Å². The minimum atomic E-state index is -1.79. The van der Waals surface area contributed by atoms with Gasteiger partial charge in [-0.05, 0) is 38.5 Å². The summed E-state index contributed by atoms with van der Waals surface area (Å²) in [7, 11) is 0. The van der Waals surface area contributed by atoms with Gasteiger partial charge >= 0.3 is 0 Å². The van der Waals surface area contributed by atoms with Gasteiger partial charge in [-0.2, -0.15) is 0 Å². The first-order valence-corrected chi connectivity index (χ1v) is 25.7. The molecule has 1 amide bonds. The van der Waals surface area contributed by atoms with Gasteiger partial charge in [0.05, 0.1) is 32.0 Å². The number of rotatable bonds is 39. The average Bonchev–Trinajstić information content (AvgIpc) is 3.31. The summed E-state index contributed by atoms with van der Waals surface area (Å²) in [4.78, 5) is 12.3. The summed E-state index contributed by atoms with van der Waals surface area (Å²) in [5, 5.41) is 85.4. The van der Waals surface area contributed by atoms with Gasteiger partial charge in [0.15, 0.2) is 12.6 Å². The van der Waals surface area contributed by atoms with Crippen LogP contribution in [0.1, 0.15) is 187 Å². The molecule has 0 radical (unpaired) electrons. The molecule has 2 aliphatic heterocycles. The molecule has 12 atom stereocenters. The second-order valence-corrected chi connectivity index (χ2v) is 18.2. The number of hydrogen-bond donors (Lipinski definition) is 9. The van der Waals surface area contributed by atoms with E-state index in [0.29, 0.717) is 6.42 Å². The van der Waals surface area contributed by atoms with E-state index in [1.807, 2.05) is 6.08 Å². The summed E-state index contributed by atoms with van der Waals surface area (Å²) < 4.78 is 22.3. The van der Waals surface area contributed by atoms with E-state index in [2.05, 4.69) is 36.5 Å². The van der Waals surface area contributed by atoms with Crippen LogP contribution in [-0.4, -0.2) is 140 Å². The molecule has 12 unspecified atom stereocenters. The quantitative estimate of drug-likeness (QED) is 0.0231. The van der Waals surface area contributed by atoms with E-state index in [4.69, 9.17) is 18.9 Å². The Morgan fingerprint density at radius 2 is 0.969 bits per heavy atom. The molecule has 2 rings (SSSR count). The SMILES string of the molecule is CCCCCCCCCCCCCCCCCCCCCCC/C=C/CC/C=C/CC/C=C/C(O)C(COC1OC(CO)C(OC2OC(CO)C(O)C(O)C2O)C(O)C1O)NC(=O)CC. The second kappa shape index (κ2) is 38.1. The van der Waals surface area contributed by atoms with Crippen molar-refractivity contribution in [3.8, 4) is 0 Å². The maximum atomic E-state index is 12.3. The van der Waals surface area contributed by atoms with Gasteiger partial charge in [0.1, 0.15) is 48.8 Å². The van der Waals surface area contributed by atoms with Crippen LogP contribution in [0, 0.1) is 0 Å². The van der Waals surface area contributed by atoms with Crippen molar-refractivity contribution in [2.24, 2.45) is 0 Å². The number of nitrogens with one attached hydrogen (secondary N) is 1. The van der Waals surface area contributed by atoms with Crippen LogP contribution in [0.4, 0.5) is 0 Å². The smallest absolute Gasteiger partial charge is 0.220 e. The molecule has 0 aromatic carbocycles. The van der Waals surface area contributed by atoms with E-state index in [-0.39, 0.29) is 18.9 Å². The van der Waals surface area contributed by atoms with E-state index in [1.54, 1.807) is 13.0 Å². The molecule has 2 saturated heterocycles. The number of hydrogen-bond acceptors (Lipinski definition) is 13. The Balaban J connectivity index is 1.54. The molecule has 14 heteroatoms. The Labute approximate surface area is 391 Å². The molecule has 0 aliphatic carbocycles. The highest BCUT2D eigenvalue weighted by atomic mass is 16.7. The van der Waals surface area contributed by atoms with Gasteiger partial charge in [-0.15, -0.1) is 0 Å². The van der Waals surface area contributed by atoms with Gasteiger partial charge in [-0.25, -0.2) is 0 Å². The van der Waals surface area contributed by atoms with Crippen molar-refractivity contribution in [2.75, 3.05) is 19.8 Å². The fraction of sp³-hybridized carbons (Fsp3) is 0.863. The first-order chi connectivity index (χ1) is 31.6. The Morgan fingerprint density at radius 1 is 0.538 bits per heavy atom. The Morgan fingerprint density at radius 3 is 1.45 bits per heavy atom. The number of carbonyl (C=O) groups excluding carboxylic acids is 1. The number of ether oxygens (including phenoxy) is 4. The summed E-state index contributed by atoms with van der Waals surface area (Å²) in [5.74, 6) is -0.342. The van der Waals surface area contributed by atoms with Crippen molar-refractivity contribution in [2.45, 2.75) is 261 Å². The Kier molecular flexibility index (Phi) is 34.8. The number of allylic oxidation sites excluding steroid dienone is 5. The molecule has 2 fully saturated rings. The lowest BCUT2D eigenvalue weighted by Crippen LogP contribution is -2.65. The van der Waals surface area contributed by atoms with Crippen LogP contribution >= 0.6 is 0 Å². The van der Waals surface area contributed by atoms with Crippen molar-refractivity contribution in [1.82, 2.24) is 5.32 Å². The van der Waals surface area contributed by atoms with E-state index >= 15 is 0 Å². The molecule has 14 nitrogen and oxygen atoms in total. The maximum absolute atomic E-state index is 12.3. The number of unbranched alkanes of at least 4 members (excludes halogenated alkanes) is 23. The molecule has 9 N–H and O–H groups in total. The van der Waals surface area contributed by atoms with Gasteiger partial charge in [-0.3, -0.25) is 4.79 Å². The van der Waals surface area contributed by atoms with Crippen LogP contribution in [0.3, 0.4) is 0 Å². The van der Waals surface area contributed by atoms with Gasteiger partial charge in [0.2, 0.25) is 5.91 Å². The standard InChI is InChI=1S/C51H93NO13/c1-3-5-6-7-8-9-10-11-12-13-14-15-16-17-18-19-20-21-22-23-24-25-26-27-28-29-30-31-32-33-34-35-40(55)39(52-43(56)4-2)38-62-50-48(61)46(59)49(42(37-54)64-50)65-51-47(60)45(58)44(57)41(36-53)63-51/h26-27,30-31,34-35,39-42,44-51,53-55,57-61H,3-25,28-29,32-33,36-38H2,1-2H3,(H,52,56)/b27-26+,31-30+,35-34+. The highest BCUT2D eigenvalue weighted by molar-refractivity contribution is 5.75. The largest absolute Gasteiger partial charge is 0.394 e. The molecule has 380 valence electrons. The summed E-state index contributed by atoms with van der Waals surface area (Å²) in [6.45, 7) is 2.19. The van der Waals surface area contributed by atoms with E-state index < -0.39 is 86.8 Å². The third-order valence-corrected chi connectivity index (χ3v) is 12.6. The third kappa shape index (κ3) is 25.4. The minimum Gasteiger partial charge on any atom is -0.394 e.